The highest BCUT2D eigenvalue weighted by Crippen LogP contribution is 2.34. The Labute approximate surface area is 267 Å². The summed E-state index contributed by atoms with van der Waals surface area (Å²) in [6.45, 7) is -0.106. The predicted octanol–water partition coefficient (Wildman–Crippen LogP) is -8.58. The molecule has 0 spiro atoms. The van der Waals surface area contributed by atoms with E-state index in [-0.39, 0.29) is 0 Å². The van der Waals surface area contributed by atoms with Crippen LogP contribution in [0.2, 0.25) is 0 Å². The molecule has 0 radical (unpaired) electrons. The Morgan fingerprint density at radius 1 is 0.553 bits per heavy atom. The maximum atomic E-state index is 11.8. The molecule has 4 rings (SSSR count). The number of ether oxygens (including phenoxy) is 7. The number of hydrogen-bond donors (Lipinski definition) is 13. The molecular weight excluding hydrogens is 646 g/mol. The van der Waals surface area contributed by atoms with Gasteiger partial charge in [-0.05, 0) is 6.92 Å². The molecule has 20 atom stereocenters. The average molecular weight is 692 g/mol. The van der Waals surface area contributed by atoms with E-state index in [4.69, 9.17) is 33.2 Å². The zero-order chi connectivity index (χ0) is 34.9. The molecule has 0 aromatic rings. The molecule has 21 heteroatoms. The molecule has 0 aliphatic carbocycles. The summed E-state index contributed by atoms with van der Waals surface area (Å²) in [6, 6.07) is -1.49. The van der Waals surface area contributed by atoms with Crippen molar-refractivity contribution in [3.8, 4) is 0 Å². The van der Waals surface area contributed by atoms with E-state index in [1.165, 1.54) is 6.92 Å². The molecule has 21 nitrogen and oxygen atoms in total. The molecule has 4 heterocycles. The molecule has 47 heavy (non-hydrogen) atoms. The van der Waals surface area contributed by atoms with Gasteiger partial charge >= 0.3 is 0 Å². The third-order valence-electron chi connectivity index (χ3n) is 8.57. The summed E-state index contributed by atoms with van der Waals surface area (Å²) >= 11 is 0. The Morgan fingerprint density at radius 2 is 1.04 bits per heavy atom. The van der Waals surface area contributed by atoms with Crippen molar-refractivity contribution in [1.82, 2.24) is 5.32 Å². The summed E-state index contributed by atoms with van der Waals surface area (Å²) in [6.07, 6.45) is -32.6. The maximum Gasteiger partial charge on any atom is 0.217 e. The van der Waals surface area contributed by atoms with Crippen LogP contribution in [0.15, 0.2) is 0 Å². The van der Waals surface area contributed by atoms with Gasteiger partial charge in [0.1, 0.15) is 91.5 Å². The Hall–Kier alpha value is -1.29. The predicted molar refractivity (Wildman–Crippen MR) is 144 cm³/mol. The van der Waals surface area contributed by atoms with Gasteiger partial charge in [0.25, 0.3) is 0 Å². The van der Waals surface area contributed by atoms with Crippen molar-refractivity contribution in [2.45, 2.75) is 137 Å². The van der Waals surface area contributed by atoms with Gasteiger partial charge in [-0.1, -0.05) is 0 Å². The van der Waals surface area contributed by atoms with Crippen LogP contribution in [-0.4, -0.2) is 210 Å². The number of carbonyl (C=O) groups is 1. The van der Waals surface area contributed by atoms with Crippen molar-refractivity contribution in [1.29, 1.82) is 0 Å². The second-order valence-corrected chi connectivity index (χ2v) is 11.9. The number of aliphatic hydroxyl groups is 12. The van der Waals surface area contributed by atoms with Gasteiger partial charge in [-0.3, -0.25) is 4.79 Å². The van der Waals surface area contributed by atoms with Crippen LogP contribution < -0.4 is 5.32 Å². The van der Waals surface area contributed by atoms with Gasteiger partial charge in [-0.2, -0.15) is 0 Å². The smallest absolute Gasteiger partial charge is 0.217 e. The quantitative estimate of drug-likeness (QED) is 0.101. The number of amides is 1. The molecule has 4 saturated heterocycles. The number of rotatable bonds is 10. The summed E-state index contributed by atoms with van der Waals surface area (Å²) in [5.41, 5.74) is 0. The molecular formula is C26H45NO20. The molecule has 0 aromatic carbocycles. The van der Waals surface area contributed by atoms with Crippen molar-refractivity contribution in [3.63, 3.8) is 0 Å². The Kier molecular flexibility index (Phi) is 13.2. The molecule has 0 bridgehead atoms. The van der Waals surface area contributed by atoms with Gasteiger partial charge in [-0.15, -0.1) is 0 Å². The third kappa shape index (κ3) is 8.04. The number of carbonyl (C=O) groups excluding carboxylic acids is 1. The van der Waals surface area contributed by atoms with E-state index in [2.05, 4.69) is 5.32 Å². The zero-order valence-corrected chi connectivity index (χ0v) is 25.3. The van der Waals surface area contributed by atoms with Crippen LogP contribution in [-0.2, 0) is 38.0 Å². The number of hydrogen-bond acceptors (Lipinski definition) is 20. The summed E-state index contributed by atoms with van der Waals surface area (Å²) < 4.78 is 38.8. The zero-order valence-electron chi connectivity index (χ0n) is 25.3. The highest BCUT2D eigenvalue weighted by molar-refractivity contribution is 5.73. The van der Waals surface area contributed by atoms with Crippen molar-refractivity contribution in [2.24, 2.45) is 0 Å². The highest BCUT2D eigenvalue weighted by Gasteiger charge is 2.55. The lowest BCUT2D eigenvalue weighted by Gasteiger charge is -2.49. The molecule has 4 aliphatic rings. The van der Waals surface area contributed by atoms with E-state index in [9.17, 15) is 66.1 Å². The first kappa shape index (κ1) is 38.5. The van der Waals surface area contributed by atoms with E-state index < -0.39 is 148 Å². The van der Waals surface area contributed by atoms with Crippen LogP contribution in [0, 0.1) is 0 Å². The normalized spacial score (nSPS) is 51.0. The third-order valence-corrected chi connectivity index (χ3v) is 8.57. The van der Waals surface area contributed by atoms with E-state index in [0.29, 0.717) is 0 Å². The van der Waals surface area contributed by atoms with Gasteiger partial charge < -0.3 is 99.8 Å². The Balaban J connectivity index is 1.59. The van der Waals surface area contributed by atoms with Crippen molar-refractivity contribution < 1.29 is 99.2 Å². The average Bonchev–Trinajstić information content (AvgIpc) is 3.03. The SMILES string of the molecule is CC(=O)N[C@H]1[C@H](O[C@H]2[C@@H](O)[C@@H](CO)O[C@H](O[C@H]3[C@@H](O)[C@@H](CO)O[C@@H](O)[C@@H]3O[C@H]3O[C@@H](C)[C@@H](O)[C@@H](O)[C@@H]3O)[C@@H]2O)O[C@H](CO)[C@H](O)[C@@H]1O. The summed E-state index contributed by atoms with van der Waals surface area (Å²) in [5.74, 6) is -0.691. The molecule has 274 valence electrons. The largest absolute Gasteiger partial charge is 0.394 e. The van der Waals surface area contributed by atoms with Gasteiger partial charge in [0, 0.05) is 6.92 Å². The molecule has 0 aromatic heterocycles. The van der Waals surface area contributed by atoms with E-state index in [0.717, 1.165) is 6.92 Å². The highest BCUT2D eigenvalue weighted by atomic mass is 16.8. The molecule has 13 N–H and O–H groups in total. The topological polar surface area (TPSA) is 336 Å². The number of nitrogens with one attached hydrogen (secondary N) is 1. The Morgan fingerprint density at radius 3 is 1.64 bits per heavy atom. The van der Waals surface area contributed by atoms with Gasteiger partial charge in [0.05, 0.1) is 25.9 Å². The van der Waals surface area contributed by atoms with Gasteiger partial charge in [-0.25, -0.2) is 0 Å². The lowest BCUT2D eigenvalue weighted by Crippen LogP contribution is -2.69. The van der Waals surface area contributed by atoms with Crippen LogP contribution in [0.25, 0.3) is 0 Å². The first-order chi connectivity index (χ1) is 22.1. The second-order valence-electron chi connectivity index (χ2n) is 11.9. The maximum absolute atomic E-state index is 11.8. The minimum atomic E-state index is -2.04. The molecule has 0 saturated carbocycles. The van der Waals surface area contributed by atoms with E-state index in [1.807, 2.05) is 0 Å². The minimum absolute atomic E-state index is 0.691. The van der Waals surface area contributed by atoms with Crippen LogP contribution in [0.4, 0.5) is 0 Å². The van der Waals surface area contributed by atoms with Gasteiger partial charge in [0.15, 0.2) is 25.2 Å². The minimum Gasteiger partial charge on any atom is -0.394 e. The van der Waals surface area contributed by atoms with E-state index in [1.54, 1.807) is 0 Å². The lowest BCUT2D eigenvalue weighted by atomic mass is 9.95. The first-order valence-corrected chi connectivity index (χ1v) is 15.0. The fourth-order valence-corrected chi connectivity index (χ4v) is 5.86. The Bertz CT molecular complexity index is 1010. The summed E-state index contributed by atoms with van der Waals surface area (Å²) in [4.78, 5) is 11.8. The summed E-state index contributed by atoms with van der Waals surface area (Å²) in [5, 5.41) is 127. The first-order valence-electron chi connectivity index (χ1n) is 15.0. The van der Waals surface area contributed by atoms with Crippen LogP contribution in [0.5, 0.6) is 0 Å². The molecule has 1 amide bonds. The molecule has 4 fully saturated rings. The monoisotopic (exact) mass is 691 g/mol. The van der Waals surface area contributed by atoms with Crippen molar-refractivity contribution in [2.75, 3.05) is 19.8 Å². The van der Waals surface area contributed by atoms with E-state index >= 15 is 0 Å². The second kappa shape index (κ2) is 16.2. The van der Waals surface area contributed by atoms with Gasteiger partial charge in [0.2, 0.25) is 5.91 Å². The van der Waals surface area contributed by atoms with Crippen molar-refractivity contribution in [3.05, 3.63) is 0 Å². The standard InChI is InChI=1S/C26H45NO20/c1-6-12(32)17(37)18(38)25(41-6)47-22-21(15(35)9(4-29)42-23(22)40)46-26-19(39)20(14(34)10(5-30)44-26)45-24-11(27-7(2)31)16(36)13(33)8(3-28)43-24/h6,8-26,28-30,32-40H,3-5H2,1-2H3,(H,27,31)/t6-,8+,9+,10+,11+,12+,13-,14-,15-,16+,17+,18-,19+,20-,21-,22+,23+,24-,25+,26+/m0/s1. The van der Waals surface area contributed by atoms with Crippen LogP contribution in [0.1, 0.15) is 13.8 Å². The molecule has 0 unspecified atom stereocenters. The number of aliphatic hydroxyl groups excluding tert-OH is 12. The summed E-state index contributed by atoms with van der Waals surface area (Å²) in [7, 11) is 0. The van der Waals surface area contributed by atoms with Crippen LogP contribution in [0.3, 0.4) is 0 Å². The van der Waals surface area contributed by atoms with Crippen LogP contribution >= 0.6 is 0 Å². The fraction of sp³-hybridized carbons (Fsp3) is 0.962. The van der Waals surface area contributed by atoms with Crippen molar-refractivity contribution >= 4 is 5.91 Å². The lowest BCUT2D eigenvalue weighted by molar-refractivity contribution is -0.393. The molecule has 4 aliphatic heterocycles. The fourth-order valence-electron chi connectivity index (χ4n) is 5.86.